The Labute approximate surface area is 155 Å². The van der Waals surface area contributed by atoms with E-state index < -0.39 is 34.8 Å². The molecule has 0 aromatic heterocycles. The third-order valence-electron chi connectivity index (χ3n) is 4.57. The first-order chi connectivity index (χ1) is 12.9. The first-order valence-corrected chi connectivity index (χ1v) is 8.69. The Hall–Kier alpha value is -3.35. The van der Waals surface area contributed by atoms with Crippen LogP contribution >= 0.6 is 0 Å². The number of benzene rings is 2. The molecule has 2 amide bonds. The van der Waals surface area contributed by atoms with Gasteiger partial charge in [-0.15, -0.1) is 0 Å². The highest BCUT2D eigenvalue weighted by Gasteiger charge is 2.41. The highest BCUT2D eigenvalue weighted by molar-refractivity contribution is 6.24. The lowest BCUT2D eigenvalue weighted by Crippen LogP contribution is -2.35. The van der Waals surface area contributed by atoms with Gasteiger partial charge in [0.05, 0.1) is 17.0 Å². The van der Waals surface area contributed by atoms with Gasteiger partial charge in [0.1, 0.15) is 5.56 Å². The van der Waals surface area contributed by atoms with Crippen molar-refractivity contribution in [3.8, 4) is 0 Å². The van der Waals surface area contributed by atoms with E-state index in [9.17, 15) is 24.5 Å². The second-order valence-corrected chi connectivity index (χ2v) is 6.38. The molecule has 0 bridgehead atoms. The van der Waals surface area contributed by atoms with E-state index in [1.807, 2.05) is 12.1 Å². The Balaban J connectivity index is 1.79. The molecule has 138 valence electrons. The van der Waals surface area contributed by atoms with Gasteiger partial charge in [-0.05, 0) is 24.5 Å². The number of hydrogen-bond acceptors (Lipinski definition) is 5. The molecule has 0 atom stereocenters. The van der Waals surface area contributed by atoms with Crippen LogP contribution in [0.3, 0.4) is 0 Å². The Kier molecular flexibility index (Phi) is 5.12. The minimum Gasteiger partial charge on any atom is -0.292 e. The fraction of sp³-hybridized carbons (Fsp3) is 0.250. The van der Waals surface area contributed by atoms with Gasteiger partial charge in [0.2, 0.25) is 0 Å². The average Bonchev–Trinajstić information content (AvgIpc) is 2.91. The number of carbonyl (C=O) groups excluding carboxylic acids is 3. The summed E-state index contributed by atoms with van der Waals surface area (Å²) in [7, 11) is 0. The van der Waals surface area contributed by atoms with Crippen LogP contribution in [0.5, 0.6) is 0 Å². The summed E-state index contributed by atoms with van der Waals surface area (Å²) in [4.78, 5) is 48.7. The second kappa shape index (κ2) is 7.49. The molecule has 7 nitrogen and oxygen atoms in total. The monoisotopic (exact) mass is 366 g/mol. The molecule has 0 radical (unpaired) electrons. The van der Waals surface area contributed by atoms with Gasteiger partial charge in [-0.1, -0.05) is 43.7 Å². The zero-order chi connectivity index (χ0) is 19.6. The van der Waals surface area contributed by atoms with Crippen LogP contribution in [-0.2, 0) is 6.42 Å². The van der Waals surface area contributed by atoms with Crippen LogP contribution < -0.4 is 0 Å². The topological polar surface area (TPSA) is 97.6 Å². The smallest absolute Gasteiger partial charge is 0.282 e. The van der Waals surface area contributed by atoms with E-state index in [-0.39, 0.29) is 11.1 Å². The molecule has 0 fully saturated rings. The number of fused-ring (bicyclic) bond motifs is 1. The number of nitro benzene ring substituents is 1. The van der Waals surface area contributed by atoms with Gasteiger partial charge in [0.15, 0.2) is 5.78 Å². The molecule has 1 heterocycles. The van der Waals surface area contributed by atoms with Gasteiger partial charge in [0.25, 0.3) is 17.5 Å². The number of carbonyl (C=O) groups is 3. The molecular formula is C20H18N2O5. The lowest BCUT2D eigenvalue weighted by Gasteiger charge is -2.13. The van der Waals surface area contributed by atoms with E-state index in [1.165, 1.54) is 18.2 Å². The molecule has 0 N–H and O–H groups in total. The van der Waals surface area contributed by atoms with Crippen LogP contribution in [0.2, 0.25) is 0 Å². The zero-order valence-corrected chi connectivity index (χ0v) is 14.8. The summed E-state index contributed by atoms with van der Waals surface area (Å²) in [6.07, 6.45) is 3.06. The largest absolute Gasteiger partial charge is 0.292 e. The highest BCUT2D eigenvalue weighted by atomic mass is 16.6. The lowest BCUT2D eigenvalue weighted by atomic mass is 10.0. The summed E-state index contributed by atoms with van der Waals surface area (Å²) in [5.41, 5.74) is 0.777. The molecule has 0 saturated carbocycles. The molecular weight excluding hydrogens is 348 g/mol. The summed E-state index contributed by atoms with van der Waals surface area (Å²) in [6, 6.07) is 10.9. The SMILES string of the molecule is CCCCc1ccc(C(=O)CN2C(=O)c3cccc([N+](=O)[O-])c3C2=O)cc1. The Morgan fingerprint density at radius 1 is 1.07 bits per heavy atom. The van der Waals surface area contributed by atoms with Crippen LogP contribution in [0.25, 0.3) is 0 Å². The Bertz CT molecular complexity index is 934. The maximum absolute atomic E-state index is 12.5. The fourth-order valence-electron chi connectivity index (χ4n) is 3.08. The van der Waals surface area contributed by atoms with Crippen molar-refractivity contribution in [3.05, 3.63) is 74.8 Å². The minimum atomic E-state index is -0.810. The lowest BCUT2D eigenvalue weighted by molar-refractivity contribution is -0.385. The maximum atomic E-state index is 12.5. The number of rotatable bonds is 7. The third-order valence-corrected chi connectivity index (χ3v) is 4.57. The third kappa shape index (κ3) is 3.48. The molecule has 7 heteroatoms. The van der Waals surface area contributed by atoms with Gasteiger partial charge in [-0.3, -0.25) is 29.4 Å². The van der Waals surface area contributed by atoms with Crippen molar-refractivity contribution in [1.82, 2.24) is 4.90 Å². The zero-order valence-electron chi connectivity index (χ0n) is 14.8. The van der Waals surface area contributed by atoms with E-state index in [2.05, 4.69) is 6.92 Å². The molecule has 3 rings (SSSR count). The molecule has 27 heavy (non-hydrogen) atoms. The molecule has 0 unspecified atom stereocenters. The van der Waals surface area contributed by atoms with Gasteiger partial charge >= 0.3 is 0 Å². The normalized spacial score (nSPS) is 13.0. The average molecular weight is 366 g/mol. The molecule has 0 saturated heterocycles. The first-order valence-electron chi connectivity index (χ1n) is 8.69. The van der Waals surface area contributed by atoms with E-state index in [0.29, 0.717) is 5.56 Å². The number of ketones is 1. The molecule has 1 aliphatic heterocycles. The van der Waals surface area contributed by atoms with Crippen molar-refractivity contribution in [3.63, 3.8) is 0 Å². The van der Waals surface area contributed by atoms with E-state index in [0.717, 1.165) is 29.7 Å². The van der Waals surface area contributed by atoms with Crippen molar-refractivity contribution in [2.45, 2.75) is 26.2 Å². The van der Waals surface area contributed by atoms with Crippen LogP contribution in [0.4, 0.5) is 5.69 Å². The summed E-state index contributed by atoms with van der Waals surface area (Å²) in [5.74, 6) is -1.89. The number of amides is 2. The maximum Gasteiger partial charge on any atom is 0.282 e. The number of Topliss-reactive ketones (excluding diaryl/α,β-unsaturated/α-hetero) is 1. The summed E-state index contributed by atoms with van der Waals surface area (Å²) in [5, 5.41) is 11.1. The second-order valence-electron chi connectivity index (χ2n) is 6.38. The quantitative estimate of drug-likeness (QED) is 0.324. The standard InChI is InChI=1S/C20H18N2O5/c1-2-3-5-13-8-10-14(11-9-13)17(23)12-21-19(24)15-6-4-7-16(22(26)27)18(15)20(21)25/h4,6-11H,2-3,5,12H2,1H3. The van der Waals surface area contributed by atoms with E-state index in [1.54, 1.807) is 12.1 Å². The van der Waals surface area contributed by atoms with Crippen molar-refractivity contribution in [1.29, 1.82) is 0 Å². The number of aryl methyl sites for hydroxylation is 1. The highest BCUT2D eigenvalue weighted by Crippen LogP contribution is 2.30. The molecule has 0 spiro atoms. The number of nitro groups is 1. The minimum absolute atomic E-state index is 0.0445. The number of unbranched alkanes of at least 4 members (excludes halogenated alkanes) is 1. The van der Waals surface area contributed by atoms with Crippen LogP contribution in [0.1, 0.15) is 56.4 Å². The summed E-state index contributed by atoms with van der Waals surface area (Å²) in [6.45, 7) is 1.65. The van der Waals surface area contributed by atoms with E-state index >= 15 is 0 Å². The molecule has 0 aliphatic carbocycles. The first kappa shape index (κ1) is 18.4. The summed E-state index contributed by atoms with van der Waals surface area (Å²) >= 11 is 0. The predicted octanol–water partition coefficient (Wildman–Crippen LogP) is 3.42. The summed E-state index contributed by atoms with van der Waals surface area (Å²) < 4.78 is 0. The molecule has 1 aliphatic rings. The van der Waals surface area contributed by atoms with Crippen LogP contribution in [0.15, 0.2) is 42.5 Å². The van der Waals surface area contributed by atoms with Gasteiger partial charge in [0, 0.05) is 11.6 Å². The molecule has 2 aromatic rings. The van der Waals surface area contributed by atoms with Crippen molar-refractivity contribution in [2.75, 3.05) is 6.54 Å². The van der Waals surface area contributed by atoms with Gasteiger partial charge in [-0.2, -0.15) is 0 Å². The predicted molar refractivity (Wildman–Crippen MR) is 97.8 cm³/mol. The van der Waals surface area contributed by atoms with Crippen LogP contribution in [-0.4, -0.2) is 34.0 Å². The van der Waals surface area contributed by atoms with Crippen LogP contribution in [0, 0.1) is 10.1 Å². The Morgan fingerprint density at radius 2 is 1.78 bits per heavy atom. The van der Waals surface area contributed by atoms with Crippen molar-refractivity contribution >= 4 is 23.3 Å². The number of hydrogen-bond donors (Lipinski definition) is 0. The number of imide groups is 1. The Morgan fingerprint density at radius 3 is 2.41 bits per heavy atom. The van der Waals surface area contributed by atoms with Crippen molar-refractivity contribution in [2.24, 2.45) is 0 Å². The van der Waals surface area contributed by atoms with Gasteiger partial charge < -0.3 is 0 Å². The van der Waals surface area contributed by atoms with Crippen molar-refractivity contribution < 1.29 is 19.3 Å². The van der Waals surface area contributed by atoms with Gasteiger partial charge in [-0.25, -0.2) is 0 Å². The van der Waals surface area contributed by atoms with E-state index in [4.69, 9.17) is 0 Å². The molecule has 2 aromatic carbocycles. The fourth-order valence-corrected chi connectivity index (χ4v) is 3.08. The number of nitrogens with zero attached hydrogens (tertiary/aromatic N) is 2.